The van der Waals surface area contributed by atoms with Crippen molar-refractivity contribution in [2.75, 3.05) is 13.2 Å². The van der Waals surface area contributed by atoms with Crippen molar-refractivity contribution in [2.45, 2.75) is 83.9 Å². The number of esters is 1. The van der Waals surface area contributed by atoms with E-state index in [1.165, 1.54) is 5.56 Å². The molecule has 4 atom stereocenters. The highest BCUT2D eigenvalue weighted by Gasteiger charge is 2.56. The quantitative estimate of drug-likeness (QED) is 0.228. The van der Waals surface area contributed by atoms with Crippen LogP contribution in [0.15, 0.2) is 60.7 Å². The summed E-state index contributed by atoms with van der Waals surface area (Å²) in [5.41, 5.74) is 1.92. The zero-order valence-electron chi connectivity index (χ0n) is 22.7. The molecule has 6 heteroatoms. The molecule has 2 aromatic rings. The number of hydrogen-bond acceptors (Lipinski definition) is 5. The fraction of sp³-hybridized carbons (Fsp3) is 0.567. The summed E-state index contributed by atoms with van der Waals surface area (Å²) in [7, 11) is -3.84. The second-order valence-corrected chi connectivity index (χ2v) is 13.3. The van der Waals surface area contributed by atoms with Crippen molar-refractivity contribution >= 4 is 13.6 Å². The smallest absolute Gasteiger partial charge is 0.347 e. The van der Waals surface area contributed by atoms with E-state index in [-0.39, 0.29) is 37.1 Å². The monoisotopic (exact) mass is 514 g/mol. The van der Waals surface area contributed by atoms with E-state index in [9.17, 15) is 9.36 Å². The largest absolute Gasteiger partial charge is 0.461 e. The summed E-state index contributed by atoms with van der Waals surface area (Å²) in [6.45, 7) is 12.2. The Labute approximate surface area is 217 Å². The lowest BCUT2D eigenvalue weighted by Gasteiger charge is -2.45. The molecule has 1 aliphatic carbocycles. The van der Waals surface area contributed by atoms with E-state index in [1.807, 2.05) is 36.4 Å². The molecule has 0 aromatic heterocycles. The van der Waals surface area contributed by atoms with Crippen LogP contribution in [0.25, 0.3) is 0 Å². The highest BCUT2D eigenvalue weighted by molar-refractivity contribution is 7.56. The number of rotatable bonds is 11. The van der Waals surface area contributed by atoms with Crippen molar-refractivity contribution in [3.8, 4) is 0 Å². The molecular weight excluding hydrogens is 471 g/mol. The summed E-state index contributed by atoms with van der Waals surface area (Å²) in [6.07, 6.45) is 2.75. The van der Waals surface area contributed by atoms with Crippen LogP contribution in [0.2, 0.25) is 0 Å². The molecule has 0 aliphatic heterocycles. The predicted octanol–water partition coefficient (Wildman–Crippen LogP) is 7.58. The summed E-state index contributed by atoms with van der Waals surface area (Å²) in [5, 5.41) is -1.47. The third-order valence-electron chi connectivity index (χ3n) is 7.79. The Balaban J connectivity index is 1.98. The van der Waals surface area contributed by atoms with Gasteiger partial charge in [0, 0.05) is 5.92 Å². The minimum atomic E-state index is -3.84. The molecule has 0 N–H and O–H groups in total. The molecule has 36 heavy (non-hydrogen) atoms. The fourth-order valence-electron chi connectivity index (χ4n) is 5.57. The molecule has 0 heterocycles. The minimum absolute atomic E-state index is 0.139. The fourth-order valence-corrected chi connectivity index (χ4v) is 7.54. The van der Waals surface area contributed by atoms with E-state index in [1.54, 1.807) is 20.8 Å². The molecule has 0 bridgehead atoms. The lowest BCUT2D eigenvalue weighted by atomic mass is 9.64. The average Bonchev–Trinajstić information content (AvgIpc) is 2.85. The van der Waals surface area contributed by atoms with Crippen LogP contribution in [0.5, 0.6) is 0 Å². The lowest BCUT2D eigenvalue weighted by molar-refractivity contribution is -0.160. The highest BCUT2D eigenvalue weighted by atomic mass is 31.2. The van der Waals surface area contributed by atoms with Crippen molar-refractivity contribution in [3.63, 3.8) is 0 Å². The molecule has 0 radical (unpaired) electrons. The van der Waals surface area contributed by atoms with Gasteiger partial charge < -0.3 is 13.8 Å². The second-order valence-electron chi connectivity index (χ2n) is 10.8. The summed E-state index contributed by atoms with van der Waals surface area (Å²) in [5.74, 6) is 0.0701. The van der Waals surface area contributed by atoms with Gasteiger partial charge in [-0.05, 0) is 62.5 Å². The number of ether oxygens (including phenoxy) is 1. The summed E-state index contributed by atoms with van der Waals surface area (Å²) >= 11 is 0. The van der Waals surface area contributed by atoms with Crippen molar-refractivity contribution < 1.29 is 23.1 Å². The van der Waals surface area contributed by atoms with E-state index in [2.05, 4.69) is 45.0 Å². The molecule has 1 unspecified atom stereocenters. The molecular formula is C30H43O5P. The van der Waals surface area contributed by atoms with Gasteiger partial charge in [-0.25, -0.2) is 0 Å². The zero-order valence-corrected chi connectivity index (χ0v) is 23.6. The van der Waals surface area contributed by atoms with E-state index in [0.29, 0.717) is 5.92 Å². The van der Waals surface area contributed by atoms with Gasteiger partial charge in [0.25, 0.3) is 0 Å². The lowest BCUT2D eigenvalue weighted by Crippen LogP contribution is -2.48. The van der Waals surface area contributed by atoms with Crippen LogP contribution in [0.3, 0.4) is 0 Å². The Bertz CT molecular complexity index is 1010. The third-order valence-corrected chi connectivity index (χ3v) is 10.5. The maximum atomic E-state index is 14.1. The number of benzene rings is 2. The SMILES string of the molecule is CCOP(=O)(OCC)C(C)(Cc1ccccc1)C(=O)O[C@@H]1C[C@H](C)CC[C@H]1C(C)(C)c1ccccc1. The molecule has 2 aromatic carbocycles. The maximum Gasteiger partial charge on any atom is 0.347 e. The van der Waals surface area contributed by atoms with Gasteiger partial charge in [-0.1, -0.05) is 87.9 Å². The van der Waals surface area contributed by atoms with E-state index in [4.69, 9.17) is 13.8 Å². The first-order chi connectivity index (χ1) is 17.1. The van der Waals surface area contributed by atoms with Crippen molar-refractivity contribution in [3.05, 3.63) is 71.8 Å². The molecule has 0 saturated heterocycles. The van der Waals surface area contributed by atoms with Gasteiger partial charge in [-0.2, -0.15) is 0 Å². The van der Waals surface area contributed by atoms with Crippen LogP contribution in [0, 0.1) is 11.8 Å². The predicted molar refractivity (Wildman–Crippen MR) is 145 cm³/mol. The number of hydrogen-bond donors (Lipinski definition) is 0. The van der Waals surface area contributed by atoms with Crippen molar-refractivity contribution in [2.24, 2.45) is 11.8 Å². The first-order valence-corrected chi connectivity index (χ1v) is 14.8. The molecule has 3 rings (SSSR count). The van der Waals surface area contributed by atoms with Gasteiger partial charge in [-0.15, -0.1) is 0 Å². The Morgan fingerprint density at radius 2 is 1.47 bits per heavy atom. The normalized spacial score (nSPS) is 22.6. The summed E-state index contributed by atoms with van der Waals surface area (Å²) < 4.78 is 32.0. The Kier molecular flexibility index (Phi) is 9.60. The third kappa shape index (κ3) is 6.13. The van der Waals surface area contributed by atoms with Crippen LogP contribution >= 0.6 is 7.60 Å². The topological polar surface area (TPSA) is 61.8 Å². The minimum Gasteiger partial charge on any atom is -0.461 e. The van der Waals surface area contributed by atoms with Gasteiger partial charge in [-0.3, -0.25) is 9.36 Å². The summed E-state index contributed by atoms with van der Waals surface area (Å²) in [6, 6.07) is 20.0. The van der Waals surface area contributed by atoms with E-state index < -0.39 is 18.7 Å². The van der Waals surface area contributed by atoms with Crippen LogP contribution in [0.4, 0.5) is 0 Å². The molecule has 1 fully saturated rings. The van der Waals surface area contributed by atoms with Gasteiger partial charge in [0.15, 0.2) is 5.16 Å². The molecule has 1 saturated carbocycles. The van der Waals surface area contributed by atoms with Crippen LogP contribution in [-0.2, 0) is 35.0 Å². The van der Waals surface area contributed by atoms with Gasteiger partial charge >= 0.3 is 13.6 Å². The van der Waals surface area contributed by atoms with Gasteiger partial charge in [0.2, 0.25) is 0 Å². The first kappa shape index (κ1) is 28.6. The van der Waals surface area contributed by atoms with Crippen molar-refractivity contribution in [1.29, 1.82) is 0 Å². The van der Waals surface area contributed by atoms with E-state index >= 15 is 0 Å². The second kappa shape index (κ2) is 12.1. The number of carbonyl (C=O) groups excluding carboxylic acids is 1. The van der Waals surface area contributed by atoms with Gasteiger partial charge in [0.1, 0.15) is 6.10 Å². The first-order valence-electron chi connectivity index (χ1n) is 13.3. The molecule has 0 spiro atoms. The molecule has 5 nitrogen and oxygen atoms in total. The van der Waals surface area contributed by atoms with Gasteiger partial charge in [0.05, 0.1) is 13.2 Å². The number of carbonyl (C=O) groups is 1. The Morgan fingerprint density at radius 3 is 2.03 bits per heavy atom. The van der Waals surface area contributed by atoms with Crippen LogP contribution < -0.4 is 0 Å². The molecule has 0 amide bonds. The molecule has 198 valence electrons. The van der Waals surface area contributed by atoms with Crippen LogP contribution in [0.1, 0.15) is 71.9 Å². The zero-order chi connectivity index (χ0) is 26.4. The van der Waals surface area contributed by atoms with Crippen molar-refractivity contribution in [1.82, 2.24) is 0 Å². The van der Waals surface area contributed by atoms with Crippen LogP contribution in [-0.4, -0.2) is 30.4 Å². The molecule has 1 aliphatic rings. The maximum absolute atomic E-state index is 14.1. The summed E-state index contributed by atoms with van der Waals surface area (Å²) in [4.78, 5) is 14.1. The Morgan fingerprint density at radius 1 is 0.917 bits per heavy atom. The highest BCUT2D eigenvalue weighted by Crippen LogP contribution is 2.62. The Hall–Kier alpha value is -1.94. The van der Waals surface area contributed by atoms with E-state index in [0.717, 1.165) is 24.8 Å². The average molecular weight is 515 g/mol. The standard InChI is InChI=1S/C30H43O5P/c1-7-33-36(32,34-8-2)30(6,22-24-15-11-9-12-16-24)28(31)35-27-21-23(3)19-20-26(27)29(4,5)25-17-13-10-14-18-25/h9-18,23,26-27H,7-8,19-22H2,1-6H3/t23-,26-,27-,30?/m1/s1.